The lowest BCUT2D eigenvalue weighted by atomic mass is 9.89. The van der Waals surface area contributed by atoms with Gasteiger partial charge < -0.3 is 5.32 Å². The molecule has 0 aromatic heterocycles. The van der Waals surface area contributed by atoms with Crippen LogP contribution in [0.25, 0.3) is 0 Å². The summed E-state index contributed by atoms with van der Waals surface area (Å²) in [5, 5.41) is 3.31. The molecule has 35 heavy (non-hydrogen) atoms. The summed E-state index contributed by atoms with van der Waals surface area (Å²) in [5.41, 5.74) is 3.89. The first-order chi connectivity index (χ1) is 16.8. The van der Waals surface area contributed by atoms with E-state index in [2.05, 4.69) is 23.5 Å². The number of anilines is 1. The molecule has 1 N–H and O–H groups in total. The SMILES string of the molecule is CCC(NC(=O)CN(c1cccc(Cl)c1Cl)S(=O)(=O)c1ccccc1)c1ccc2c(c1)CCCC2. The summed E-state index contributed by atoms with van der Waals surface area (Å²) in [5.74, 6) is -0.426. The molecule has 1 unspecified atom stereocenters. The number of benzene rings is 3. The number of amides is 1. The van der Waals surface area contributed by atoms with Crippen molar-refractivity contribution in [1.82, 2.24) is 5.32 Å². The van der Waals surface area contributed by atoms with Crippen LogP contribution in [0.15, 0.2) is 71.6 Å². The Bertz CT molecular complexity index is 1310. The third-order valence-electron chi connectivity index (χ3n) is 6.34. The van der Waals surface area contributed by atoms with E-state index in [1.165, 1.54) is 36.1 Å². The summed E-state index contributed by atoms with van der Waals surface area (Å²) >= 11 is 12.6. The number of nitrogens with one attached hydrogen (secondary N) is 1. The minimum absolute atomic E-state index is 0.0607. The average molecular weight is 532 g/mol. The highest BCUT2D eigenvalue weighted by Gasteiger charge is 2.30. The summed E-state index contributed by atoms with van der Waals surface area (Å²) in [6, 6.07) is 18.8. The van der Waals surface area contributed by atoms with Gasteiger partial charge in [-0.2, -0.15) is 0 Å². The quantitative estimate of drug-likeness (QED) is 0.369. The average Bonchev–Trinajstić information content (AvgIpc) is 2.88. The minimum atomic E-state index is -4.08. The maximum atomic E-state index is 13.6. The lowest BCUT2D eigenvalue weighted by Crippen LogP contribution is -2.42. The molecule has 0 bridgehead atoms. The van der Waals surface area contributed by atoms with Gasteiger partial charge in [0.15, 0.2) is 0 Å². The largest absolute Gasteiger partial charge is 0.348 e. The van der Waals surface area contributed by atoms with Crippen LogP contribution in [-0.4, -0.2) is 20.9 Å². The highest BCUT2D eigenvalue weighted by Crippen LogP contribution is 2.35. The summed E-state index contributed by atoms with van der Waals surface area (Å²) in [7, 11) is -4.08. The zero-order chi connectivity index (χ0) is 25.0. The fraction of sp³-hybridized carbons (Fsp3) is 0.296. The Kier molecular flexibility index (Phi) is 8.05. The van der Waals surface area contributed by atoms with Crippen molar-refractivity contribution < 1.29 is 13.2 Å². The van der Waals surface area contributed by atoms with Gasteiger partial charge in [-0.3, -0.25) is 9.10 Å². The Morgan fingerprint density at radius 2 is 1.69 bits per heavy atom. The number of fused-ring (bicyclic) bond motifs is 1. The van der Waals surface area contributed by atoms with Gasteiger partial charge in [-0.1, -0.05) is 72.6 Å². The molecule has 1 amide bonds. The molecule has 0 fully saturated rings. The van der Waals surface area contributed by atoms with Crippen LogP contribution >= 0.6 is 23.2 Å². The van der Waals surface area contributed by atoms with Gasteiger partial charge in [0.1, 0.15) is 6.54 Å². The van der Waals surface area contributed by atoms with Crippen molar-refractivity contribution in [3.05, 3.63) is 93.5 Å². The highest BCUT2D eigenvalue weighted by molar-refractivity contribution is 7.92. The number of rotatable bonds is 8. The Balaban J connectivity index is 1.62. The Morgan fingerprint density at radius 3 is 2.40 bits per heavy atom. The van der Waals surface area contributed by atoms with Crippen LogP contribution in [0.3, 0.4) is 0 Å². The van der Waals surface area contributed by atoms with E-state index in [0.29, 0.717) is 6.42 Å². The zero-order valence-electron chi connectivity index (χ0n) is 19.5. The van der Waals surface area contributed by atoms with E-state index in [4.69, 9.17) is 23.2 Å². The molecule has 4 rings (SSSR count). The van der Waals surface area contributed by atoms with Crippen LogP contribution < -0.4 is 9.62 Å². The van der Waals surface area contributed by atoms with Crippen molar-refractivity contribution in [3.8, 4) is 0 Å². The standard InChI is InChI=1S/C27H28Cl2N2O3S/c1-2-24(21-16-15-19-9-6-7-10-20(19)17-21)30-26(32)18-31(25-14-8-13-23(28)27(25)29)35(33,34)22-11-4-3-5-12-22/h3-5,8,11-17,24H,2,6-7,9-10,18H2,1H3,(H,30,32). The van der Waals surface area contributed by atoms with Crippen LogP contribution in [0.2, 0.25) is 10.0 Å². The van der Waals surface area contributed by atoms with Crippen molar-refractivity contribution >= 4 is 44.8 Å². The van der Waals surface area contributed by atoms with Crippen LogP contribution in [0.5, 0.6) is 0 Å². The van der Waals surface area contributed by atoms with Gasteiger partial charge in [0.05, 0.1) is 26.7 Å². The molecule has 1 atom stereocenters. The van der Waals surface area contributed by atoms with E-state index in [9.17, 15) is 13.2 Å². The van der Waals surface area contributed by atoms with Gasteiger partial charge in [-0.05, 0) is 73.1 Å². The maximum absolute atomic E-state index is 13.6. The number of carbonyl (C=O) groups is 1. The van der Waals surface area contributed by atoms with Crippen LogP contribution in [-0.2, 0) is 27.7 Å². The van der Waals surface area contributed by atoms with Crippen LogP contribution in [0.4, 0.5) is 5.69 Å². The topological polar surface area (TPSA) is 66.5 Å². The lowest BCUT2D eigenvalue weighted by Gasteiger charge is -2.27. The van der Waals surface area contributed by atoms with E-state index >= 15 is 0 Å². The number of carbonyl (C=O) groups excluding carboxylic acids is 1. The van der Waals surface area contributed by atoms with Crippen molar-refractivity contribution in [2.45, 2.75) is 50.0 Å². The summed E-state index contributed by atoms with van der Waals surface area (Å²) in [6.45, 7) is 1.56. The fourth-order valence-electron chi connectivity index (χ4n) is 4.47. The molecule has 8 heteroatoms. The maximum Gasteiger partial charge on any atom is 0.264 e. The van der Waals surface area contributed by atoms with E-state index in [-0.39, 0.29) is 26.7 Å². The van der Waals surface area contributed by atoms with Gasteiger partial charge >= 0.3 is 0 Å². The molecule has 3 aromatic carbocycles. The number of hydrogen-bond donors (Lipinski definition) is 1. The molecule has 0 spiro atoms. The van der Waals surface area contributed by atoms with Gasteiger partial charge in [0, 0.05) is 0 Å². The molecular weight excluding hydrogens is 503 g/mol. The minimum Gasteiger partial charge on any atom is -0.348 e. The van der Waals surface area contributed by atoms with Gasteiger partial charge in [-0.15, -0.1) is 0 Å². The predicted octanol–water partition coefficient (Wildman–Crippen LogP) is 6.34. The Hall–Kier alpha value is -2.54. The van der Waals surface area contributed by atoms with Gasteiger partial charge in [0.25, 0.3) is 10.0 Å². The second-order valence-corrected chi connectivity index (χ2v) is 11.3. The van der Waals surface area contributed by atoms with Crippen LogP contribution in [0, 0.1) is 0 Å². The first kappa shape index (κ1) is 25.5. The third-order valence-corrected chi connectivity index (χ3v) is 8.92. The molecule has 0 saturated carbocycles. The number of nitrogens with zero attached hydrogens (tertiary/aromatic N) is 1. The summed E-state index contributed by atoms with van der Waals surface area (Å²) in [4.78, 5) is 13.3. The van der Waals surface area contributed by atoms with E-state index < -0.39 is 22.5 Å². The lowest BCUT2D eigenvalue weighted by molar-refractivity contribution is -0.120. The van der Waals surface area contributed by atoms with E-state index in [0.717, 1.165) is 22.7 Å². The molecule has 3 aromatic rings. The number of aryl methyl sites for hydroxylation is 2. The van der Waals surface area contributed by atoms with E-state index in [1.807, 2.05) is 6.92 Å². The van der Waals surface area contributed by atoms with Gasteiger partial charge in [0.2, 0.25) is 5.91 Å². The molecular formula is C27H28Cl2N2O3S. The summed E-state index contributed by atoms with van der Waals surface area (Å²) in [6.07, 6.45) is 5.19. The molecule has 184 valence electrons. The number of sulfonamides is 1. The first-order valence-corrected chi connectivity index (χ1v) is 13.9. The second-order valence-electron chi connectivity index (χ2n) is 8.66. The second kappa shape index (κ2) is 11.0. The molecule has 0 radical (unpaired) electrons. The number of hydrogen-bond acceptors (Lipinski definition) is 3. The molecule has 1 aliphatic carbocycles. The fourth-order valence-corrected chi connectivity index (χ4v) is 6.37. The molecule has 0 heterocycles. The summed E-state index contributed by atoms with van der Waals surface area (Å²) < 4.78 is 28.1. The van der Waals surface area contributed by atoms with Crippen molar-refractivity contribution in [2.24, 2.45) is 0 Å². The third kappa shape index (κ3) is 5.66. The normalized spacial score (nSPS) is 14.1. The molecule has 0 saturated heterocycles. The Labute approximate surface area is 217 Å². The number of halogens is 2. The predicted molar refractivity (Wildman–Crippen MR) is 142 cm³/mol. The zero-order valence-corrected chi connectivity index (χ0v) is 21.8. The smallest absolute Gasteiger partial charge is 0.264 e. The molecule has 5 nitrogen and oxygen atoms in total. The first-order valence-electron chi connectivity index (χ1n) is 11.7. The molecule has 0 aliphatic heterocycles. The van der Waals surface area contributed by atoms with Crippen molar-refractivity contribution in [1.29, 1.82) is 0 Å². The monoisotopic (exact) mass is 530 g/mol. The van der Waals surface area contributed by atoms with Crippen molar-refractivity contribution in [3.63, 3.8) is 0 Å². The van der Waals surface area contributed by atoms with Crippen molar-refractivity contribution in [2.75, 3.05) is 10.8 Å². The van der Waals surface area contributed by atoms with Crippen LogP contribution in [0.1, 0.15) is 48.9 Å². The molecule has 1 aliphatic rings. The Morgan fingerprint density at radius 1 is 0.971 bits per heavy atom. The highest BCUT2D eigenvalue weighted by atomic mass is 35.5. The van der Waals surface area contributed by atoms with E-state index in [1.54, 1.807) is 36.4 Å². The van der Waals surface area contributed by atoms with Gasteiger partial charge in [-0.25, -0.2) is 8.42 Å².